The number of hydrogen-bond donors (Lipinski definition) is 1. The van der Waals surface area contributed by atoms with Gasteiger partial charge in [-0.2, -0.15) is 0 Å². The molecule has 0 aliphatic carbocycles. The Balaban J connectivity index is 1.91. The molecule has 2 aromatic rings. The highest BCUT2D eigenvalue weighted by Gasteiger charge is 2.41. The molecule has 1 aliphatic rings. The van der Waals surface area contributed by atoms with Crippen molar-refractivity contribution in [1.29, 1.82) is 0 Å². The summed E-state index contributed by atoms with van der Waals surface area (Å²) in [5.74, 6) is -0.233. The Morgan fingerprint density at radius 1 is 1.29 bits per heavy atom. The van der Waals surface area contributed by atoms with E-state index in [2.05, 4.69) is 15.5 Å². The zero-order chi connectivity index (χ0) is 14.7. The predicted octanol–water partition coefficient (Wildman–Crippen LogP) is 1.22. The largest absolute Gasteiger partial charge is 0.481 e. The molecule has 1 aromatic heterocycles. The Labute approximate surface area is 121 Å². The number of hydrogen-bond acceptors (Lipinski definition) is 5. The summed E-state index contributed by atoms with van der Waals surface area (Å²) in [5.41, 5.74) is 0.00653. The summed E-state index contributed by atoms with van der Waals surface area (Å²) in [6.07, 6.45) is 0.937. The van der Waals surface area contributed by atoms with Crippen LogP contribution in [-0.2, 0) is 16.1 Å². The van der Waals surface area contributed by atoms with Gasteiger partial charge in [0.25, 0.3) is 0 Å². The van der Waals surface area contributed by atoms with Gasteiger partial charge in [-0.1, -0.05) is 30.3 Å². The average Bonchev–Trinajstić information content (AvgIpc) is 2.97. The first-order valence-electron chi connectivity index (χ1n) is 6.84. The molecule has 0 unspecified atom stereocenters. The molecule has 1 saturated heterocycles. The summed E-state index contributed by atoms with van der Waals surface area (Å²) < 4.78 is 6.86. The minimum Gasteiger partial charge on any atom is -0.481 e. The number of tetrazole rings is 1. The Morgan fingerprint density at radius 2 is 2.00 bits per heavy atom. The third-order valence-electron chi connectivity index (χ3n) is 3.92. The van der Waals surface area contributed by atoms with E-state index in [-0.39, 0.29) is 6.54 Å². The van der Waals surface area contributed by atoms with Crippen LogP contribution in [0.2, 0.25) is 0 Å². The molecule has 1 fully saturated rings. The van der Waals surface area contributed by atoms with Crippen LogP contribution < -0.4 is 0 Å². The van der Waals surface area contributed by atoms with E-state index in [0.29, 0.717) is 31.9 Å². The maximum atomic E-state index is 11.7. The lowest BCUT2D eigenvalue weighted by atomic mass is 9.80. The minimum atomic E-state index is -0.864. The van der Waals surface area contributed by atoms with Crippen molar-refractivity contribution in [3.8, 4) is 11.4 Å². The van der Waals surface area contributed by atoms with Crippen LogP contribution in [0.1, 0.15) is 12.8 Å². The zero-order valence-corrected chi connectivity index (χ0v) is 11.5. The van der Waals surface area contributed by atoms with Crippen LogP contribution in [0.15, 0.2) is 30.3 Å². The maximum absolute atomic E-state index is 11.7. The standard InChI is InChI=1S/C14H16N4O3/c19-13(20)14(6-8-21-9-7-14)10-18-12(15-16-17-18)11-4-2-1-3-5-11/h1-5H,6-10H2,(H,19,20). The van der Waals surface area contributed by atoms with Gasteiger partial charge in [0.15, 0.2) is 5.82 Å². The van der Waals surface area contributed by atoms with Gasteiger partial charge >= 0.3 is 5.97 Å². The summed E-state index contributed by atoms with van der Waals surface area (Å²) in [5, 5.41) is 21.3. The van der Waals surface area contributed by atoms with Gasteiger partial charge in [0.2, 0.25) is 0 Å². The molecule has 1 N–H and O–H groups in total. The minimum absolute atomic E-state index is 0.253. The SMILES string of the molecule is O=C(O)C1(Cn2nnnc2-c2ccccc2)CCOCC1. The number of benzene rings is 1. The van der Waals surface area contributed by atoms with Crippen molar-refractivity contribution in [3.63, 3.8) is 0 Å². The molecule has 0 radical (unpaired) electrons. The van der Waals surface area contributed by atoms with Gasteiger partial charge in [-0.25, -0.2) is 4.68 Å². The monoisotopic (exact) mass is 288 g/mol. The topological polar surface area (TPSA) is 90.1 Å². The van der Waals surface area contributed by atoms with Crippen molar-refractivity contribution in [2.45, 2.75) is 19.4 Å². The number of carboxylic acids is 1. The van der Waals surface area contributed by atoms with Crippen molar-refractivity contribution < 1.29 is 14.6 Å². The van der Waals surface area contributed by atoms with E-state index in [9.17, 15) is 9.90 Å². The molecule has 110 valence electrons. The predicted molar refractivity (Wildman–Crippen MR) is 73.4 cm³/mol. The second-order valence-electron chi connectivity index (χ2n) is 5.22. The highest BCUT2D eigenvalue weighted by atomic mass is 16.5. The first kappa shape index (κ1) is 13.7. The third kappa shape index (κ3) is 2.64. The molecular formula is C14H16N4O3. The van der Waals surface area contributed by atoms with Gasteiger partial charge in [-0.15, -0.1) is 5.10 Å². The van der Waals surface area contributed by atoms with Crippen LogP contribution in [0, 0.1) is 5.41 Å². The number of rotatable bonds is 4. The quantitative estimate of drug-likeness (QED) is 0.909. The van der Waals surface area contributed by atoms with Crippen LogP contribution in [0.3, 0.4) is 0 Å². The Bertz CT molecular complexity index is 620. The number of carboxylic acid groups (broad SMARTS) is 1. The van der Waals surface area contributed by atoms with E-state index in [1.54, 1.807) is 4.68 Å². The fraction of sp³-hybridized carbons (Fsp3) is 0.429. The van der Waals surface area contributed by atoms with Crippen molar-refractivity contribution in [2.75, 3.05) is 13.2 Å². The summed E-state index contributed by atoms with van der Waals surface area (Å²) >= 11 is 0. The molecule has 3 rings (SSSR count). The van der Waals surface area contributed by atoms with E-state index >= 15 is 0 Å². The highest BCUT2D eigenvalue weighted by molar-refractivity contribution is 5.74. The summed E-state index contributed by atoms with van der Waals surface area (Å²) in [7, 11) is 0. The van der Waals surface area contributed by atoms with Gasteiger partial charge in [0.1, 0.15) is 0 Å². The van der Waals surface area contributed by atoms with Crippen molar-refractivity contribution in [2.24, 2.45) is 5.41 Å². The molecule has 2 heterocycles. The Hall–Kier alpha value is -2.28. The molecule has 0 spiro atoms. The van der Waals surface area contributed by atoms with Crippen LogP contribution >= 0.6 is 0 Å². The summed E-state index contributed by atoms with van der Waals surface area (Å²) in [6, 6.07) is 9.51. The molecule has 0 bridgehead atoms. The molecule has 0 atom stereocenters. The number of ether oxygens (including phenoxy) is 1. The zero-order valence-electron chi connectivity index (χ0n) is 11.5. The first-order valence-corrected chi connectivity index (χ1v) is 6.84. The van der Waals surface area contributed by atoms with Crippen molar-refractivity contribution in [3.05, 3.63) is 30.3 Å². The van der Waals surface area contributed by atoms with Gasteiger partial charge in [-0.3, -0.25) is 4.79 Å². The lowest BCUT2D eigenvalue weighted by Crippen LogP contribution is -2.41. The second-order valence-corrected chi connectivity index (χ2v) is 5.22. The molecule has 0 saturated carbocycles. The van der Waals surface area contributed by atoms with Gasteiger partial charge in [0, 0.05) is 18.8 Å². The van der Waals surface area contributed by atoms with Crippen LogP contribution in [-0.4, -0.2) is 44.5 Å². The van der Waals surface area contributed by atoms with Crippen LogP contribution in [0.5, 0.6) is 0 Å². The fourth-order valence-electron chi connectivity index (χ4n) is 2.59. The lowest BCUT2D eigenvalue weighted by Gasteiger charge is -2.32. The first-order chi connectivity index (χ1) is 10.2. The third-order valence-corrected chi connectivity index (χ3v) is 3.92. The molecule has 1 aliphatic heterocycles. The number of aliphatic carboxylic acids is 1. The molecule has 1 aromatic carbocycles. The van der Waals surface area contributed by atoms with E-state index in [1.807, 2.05) is 30.3 Å². The molecular weight excluding hydrogens is 272 g/mol. The van der Waals surface area contributed by atoms with E-state index in [4.69, 9.17) is 4.74 Å². The maximum Gasteiger partial charge on any atom is 0.311 e. The smallest absolute Gasteiger partial charge is 0.311 e. The van der Waals surface area contributed by atoms with E-state index in [1.165, 1.54) is 0 Å². The number of nitrogens with zero attached hydrogens (tertiary/aromatic N) is 4. The number of carbonyl (C=O) groups is 1. The summed E-state index contributed by atoms with van der Waals surface area (Å²) in [6.45, 7) is 1.16. The van der Waals surface area contributed by atoms with Crippen LogP contribution in [0.4, 0.5) is 0 Å². The molecule has 7 heteroatoms. The van der Waals surface area contributed by atoms with E-state index < -0.39 is 11.4 Å². The number of aromatic nitrogens is 4. The average molecular weight is 288 g/mol. The van der Waals surface area contributed by atoms with Gasteiger partial charge in [-0.05, 0) is 23.3 Å². The fourth-order valence-corrected chi connectivity index (χ4v) is 2.59. The van der Waals surface area contributed by atoms with Crippen LogP contribution in [0.25, 0.3) is 11.4 Å². The van der Waals surface area contributed by atoms with Crippen molar-refractivity contribution in [1.82, 2.24) is 20.2 Å². The second kappa shape index (κ2) is 5.61. The molecule has 0 amide bonds. The normalized spacial score (nSPS) is 17.5. The van der Waals surface area contributed by atoms with Gasteiger partial charge in [0.05, 0.1) is 12.0 Å². The van der Waals surface area contributed by atoms with Gasteiger partial charge < -0.3 is 9.84 Å². The Morgan fingerprint density at radius 3 is 2.67 bits per heavy atom. The highest BCUT2D eigenvalue weighted by Crippen LogP contribution is 2.33. The molecule has 21 heavy (non-hydrogen) atoms. The molecule has 7 nitrogen and oxygen atoms in total. The lowest BCUT2D eigenvalue weighted by molar-refractivity contribution is -0.156. The van der Waals surface area contributed by atoms with Crippen molar-refractivity contribution >= 4 is 5.97 Å². The Kier molecular flexibility index (Phi) is 3.66. The summed E-state index contributed by atoms with van der Waals surface area (Å²) in [4.78, 5) is 11.7. The van der Waals surface area contributed by atoms with E-state index in [0.717, 1.165) is 5.56 Å².